The highest BCUT2D eigenvalue weighted by atomic mass is 32.1. The van der Waals surface area contributed by atoms with Gasteiger partial charge in [0.15, 0.2) is 10.9 Å². The van der Waals surface area contributed by atoms with Crippen LogP contribution < -0.4 is 10.6 Å². The van der Waals surface area contributed by atoms with Gasteiger partial charge in [-0.05, 0) is 49.4 Å². The number of anilines is 2. The van der Waals surface area contributed by atoms with Crippen LogP contribution in [0.5, 0.6) is 0 Å². The molecule has 2 aromatic carbocycles. The fraction of sp³-hybridized carbons (Fsp3) is 0.0625. The number of hydrogen-bond donors (Lipinski definition) is 2. The van der Waals surface area contributed by atoms with Crippen molar-refractivity contribution in [3.8, 4) is 0 Å². The predicted molar refractivity (Wildman–Crippen MR) is 88.7 cm³/mol. The van der Waals surface area contributed by atoms with Crippen LogP contribution in [0, 0.1) is 5.82 Å². The average molecular weight is 329 g/mol. The van der Waals surface area contributed by atoms with Crippen molar-refractivity contribution in [2.75, 3.05) is 10.6 Å². The molecule has 0 atom stereocenters. The van der Waals surface area contributed by atoms with Crippen LogP contribution in [-0.4, -0.2) is 16.8 Å². The number of ketones is 1. The molecule has 116 valence electrons. The number of Topliss-reactive ketones (excluding diaryl/α,β-unsaturated/α-hetero) is 1. The van der Waals surface area contributed by atoms with E-state index in [1.54, 1.807) is 30.3 Å². The largest absolute Gasteiger partial charge is 0.325 e. The number of benzene rings is 2. The summed E-state index contributed by atoms with van der Waals surface area (Å²) in [6.07, 6.45) is 0. The number of thiazole rings is 1. The van der Waals surface area contributed by atoms with Crippen LogP contribution in [0.4, 0.5) is 20.0 Å². The van der Waals surface area contributed by atoms with Crippen molar-refractivity contribution < 1.29 is 14.0 Å². The number of nitrogens with zero attached hydrogens (tertiary/aromatic N) is 1. The number of carbonyl (C=O) groups excluding carboxylic acids is 2. The summed E-state index contributed by atoms with van der Waals surface area (Å²) in [5, 5.41) is 5.63. The van der Waals surface area contributed by atoms with Crippen molar-refractivity contribution in [1.29, 1.82) is 0 Å². The van der Waals surface area contributed by atoms with E-state index in [9.17, 15) is 14.0 Å². The molecule has 5 nitrogen and oxygen atoms in total. The second kappa shape index (κ2) is 6.13. The van der Waals surface area contributed by atoms with Crippen molar-refractivity contribution in [3.63, 3.8) is 0 Å². The number of fused-ring (bicyclic) bond motifs is 1. The number of aromatic nitrogens is 1. The Morgan fingerprint density at radius 1 is 1.09 bits per heavy atom. The van der Waals surface area contributed by atoms with Gasteiger partial charge in [-0.2, -0.15) is 0 Å². The lowest BCUT2D eigenvalue weighted by molar-refractivity contribution is 0.101. The Hall–Kier alpha value is -2.80. The van der Waals surface area contributed by atoms with Crippen LogP contribution in [0.1, 0.15) is 17.3 Å². The second-order valence-electron chi connectivity index (χ2n) is 4.84. The van der Waals surface area contributed by atoms with Crippen LogP contribution in [0.3, 0.4) is 0 Å². The first kappa shape index (κ1) is 15.1. The van der Waals surface area contributed by atoms with Gasteiger partial charge in [-0.25, -0.2) is 14.2 Å². The Morgan fingerprint density at radius 3 is 2.52 bits per heavy atom. The van der Waals surface area contributed by atoms with Gasteiger partial charge >= 0.3 is 6.03 Å². The highest BCUT2D eigenvalue weighted by molar-refractivity contribution is 7.22. The smallest absolute Gasteiger partial charge is 0.308 e. The first-order chi connectivity index (χ1) is 11.0. The predicted octanol–water partition coefficient (Wildman–Crippen LogP) is 4.28. The molecular weight excluding hydrogens is 317 g/mol. The fourth-order valence-electron chi connectivity index (χ4n) is 2.00. The third-order valence-corrected chi connectivity index (χ3v) is 4.05. The molecule has 0 spiro atoms. The zero-order chi connectivity index (χ0) is 16.4. The highest BCUT2D eigenvalue weighted by Crippen LogP contribution is 2.26. The summed E-state index contributed by atoms with van der Waals surface area (Å²) in [7, 11) is 0. The molecule has 0 saturated carbocycles. The lowest BCUT2D eigenvalue weighted by Gasteiger charge is -2.05. The van der Waals surface area contributed by atoms with Crippen molar-refractivity contribution in [3.05, 3.63) is 53.8 Å². The number of carbonyl (C=O) groups is 2. The third kappa shape index (κ3) is 3.51. The lowest BCUT2D eigenvalue weighted by Crippen LogP contribution is -2.19. The van der Waals surface area contributed by atoms with E-state index in [4.69, 9.17) is 0 Å². The van der Waals surface area contributed by atoms with Gasteiger partial charge in [-0.1, -0.05) is 11.3 Å². The minimum atomic E-state index is -0.458. The number of amides is 2. The molecule has 0 saturated heterocycles. The van der Waals surface area contributed by atoms with E-state index in [1.807, 2.05) is 0 Å². The van der Waals surface area contributed by atoms with Crippen molar-refractivity contribution in [1.82, 2.24) is 4.98 Å². The van der Waals surface area contributed by atoms with Crippen LogP contribution >= 0.6 is 11.3 Å². The van der Waals surface area contributed by atoms with E-state index < -0.39 is 6.03 Å². The standard InChI is InChI=1S/C16H12FN3O2S/c1-9(21)10-2-5-12(6-3-10)18-15(22)20-16-19-13-7-4-11(17)8-14(13)23-16/h2-8H,1H3,(H2,18,19,20,22). The Kier molecular flexibility index (Phi) is 4.03. The Balaban J connectivity index is 1.69. The van der Waals surface area contributed by atoms with Gasteiger partial charge < -0.3 is 5.32 Å². The van der Waals surface area contributed by atoms with Gasteiger partial charge in [0.2, 0.25) is 0 Å². The van der Waals surface area contributed by atoms with Gasteiger partial charge in [0.05, 0.1) is 10.2 Å². The number of urea groups is 1. The monoisotopic (exact) mass is 329 g/mol. The minimum absolute atomic E-state index is 0.0392. The molecule has 0 aliphatic carbocycles. The molecule has 23 heavy (non-hydrogen) atoms. The van der Waals surface area contributed by atoms with E-state index in [2.05, 4.69) is 15.6 Å². The van der Waals surface area contributed by atoms with E-state index in [-0.39, 0.29) is 11.6 Å². The maximum atomic E-state index is 13.1. The summed E-state index contributed by atoms with van der Waals surface area (Å²) < 4.78 is 13.8. The molecule has 3 rings (SSSR count). The molecule has 0 fully saturated rings. The summed E-state index contributed by atoms with van der Waals surface area (Å²) in [5.74, 6) is -0.384. The Labute approximate surface area is 135 Å². The van der Waals surface area contributed by atoms with E-state index in [0.717, 1.165) is 0 Å². The van der Waals surface area contributed by atoms with Crippen LogP contribution in [0.15, 0.2) is 42.5 Å². The number of hydrogen-bond acceptors (Lipinski definition) is 4. The molecular formula is C16H12FN3O2S. The summed E-state index contributed by atoms with van der Waals surface area (Å²) >= 11 is 1.19. The Morgan fingerprint density at radius 2 is 1.83 bits per heavy atom. The molecule has 2 N–H and O–H groups in total. The molecule has 0 unspecified atom stereocenters. The van der Waals surface area contributed by atoms with Crippen molar-refractivity contribution >= 4 is 44.2 Å². The van der Waals surface area contributed by atoms with Crippen LogP contribution in [0.2, 0.25) is 0 Å². The summed E-state index contributed by atoms with van der Waals surface area (Å²) in [6.45, 7) is 1.48. The third-order valence-electron chi connectivity index (χ3n) is 3.12. The topological polar surface area (TPSA) is 71.1 Å². The highest BCUT2D eigenvalue weighted by Gasteiger charge is 2.09. The van der Waals surface area contributed by atoms with Gasteiger partial charge in [-0.15, -0.1) is 0 Å². The zero-order valence-electron chi connectivity index (χ0n) is 12.1. The summed E-state index contributed by atoms with van der Waals surface area (Å²) in [6, 6.07) is 10.4. The minimum Gasteiger partial charge on any atom is -0.308 e. The first-order valence-electron chi connectivity index (χ1n) is 6.76. The normalized spacial score (nSPS) is 10.5. The fourth-order valence-corrected chi connectivity index (χ4v) is 2.89. The van der Waals surface area contributed by atoms with Crippen LogP contribution in [0.25, 0.3) is 10.2 Å². The zero-order valence-corrected chi connectivity index (χ0v) is 12.9. The summed E-state index contributed by atoms with van der Waals surface area (Å²) in [4.78, 5) is 27.4. The number of rotatable bonds is 3. The van der Waals surface area contributed by atoms with E-state index >= 15 is 0 Å². The molecule has 3 aromatic rings. The molecule has 2 amide bonds. The molecule has 1 aromatic heterocycles. The summed E-state index contributed by atoms with van der Waals surface area (Å²) in [5.41, 5.74) is 1.75. The van der Waals surface area contributed by atoms with Crippen molar-refractivity contribution in [2.24, 2.45) is 0 Å². The van der Waals surface area contributed by atoms with Gasteiger partial charge in [-0.3, -0.25) is 10.1 Å². The maximum absolute atomic E-state index is 13.1. The molecule has 0 aliphatic rings. The van der Waals surface area contributed by atoms with Crippen LogP contribution in [-0.2, 0) is 0 Å². The second-order valence-corrected chi connectivity index (χ2v) is 5.87. The van der Waals surface area contributed by atoms with Crippen molar-refractivity contribution in [2.45, 2.75) is 6.92 Å². The lowest BCUT2D eigenvalue weighted by atomic mass is 10.1. The maximum Gasteiger partial charge on any atom is 0.325 e. The quantitative estimate of drug-likeness (QED) is 0.705. The van der Waals surface area contributed by atoms with E-state index in [0.29, 0.717) is 26.6 Å². The number of halogens is 1. The number of nitrogens with one attached hydrogen (secondary N) is 2. The Bertz CT molecular complexity index is 890. The first-order valence-corrected chi connectivity index (χ1v) is 7.58. The van der Waals surface area contributed by atoms with Gasteiger partial charge in [0, 0.05) is 11.3 Å². The molecule has 0 radical (unpaired) electrons. The SMILES string of the molecule is CC(=O)c1ccc(NC(=O)Nc2nc3ccc(F)cc3s2)cc1. The molecule has 1 heterocycles. The van der Waals surface area contributed by atoms with Gasteiger partial charge in [0.1, 0.15) is 5.82 Å². The average Bonchev–Trinajstić information content (AvgIpc) is 2.88. The molecule has 0 bridgehead atoms. The van der Waals surface area contributed by atoms with E-state index in [1.165, 1.54) is 30.4 Å². The molecule has 0 aliphatic heterocycles. The van der Waals surface area contributed by atoms with Gasteiger partial charge in [0.25, 0.3) is 0 Å². The molecule has 7 heteroatoms.